The monoisotopic (exact) mass is 249 g/mol. The molecule has 1 aromatic heterocycles. The maximum absolute atomic E-state index is 12.4. The molecule has 0 aromatic carbocycles. The van der Waals surface area contributed by atoms with E-state index in [2.05, 4.69) is 20.9 Å². The molecule has 0 amide bonds. The third kappa shape index (κ3) is 1.91. The molecule has 1 aromatic rings. The van der Waals surface area contributed by atoms with Gasteiger partial charge in [0.1, 0.15) is 4.60 Å². The van der Waals surface area contributed by atoms with E-state index in [1.807, 2.05) is 0 Å². The number of pyridine rings is 1. The Morgan fingerprint density at radius 1 is 1.62 bits per heavy atom. The number of aromatic nitrogens is 1. The van der Waals surface area contributed by atoms with Gasteiger partial charge in [0.25, 0.3) is 6.43 Å². The van der Waals surface area contributed by atoms with E-state index in [1.165, 1.54) is 13.1 Å². The second kappa shape index (κ2) is 3.91. The van der Waals surface area contributed by atoms with Crippen molar-refractivity contribution in [1.82, 2.24) is 4.98 Å². The molecule has 0 unspecified atom stereocenters. The Kier molecular flexibility index (Phi) is 3.08. The van der Waals surface area contributed by atoms with Crippen molar-refractivity contribution < 1.29 is 13.6 Å². The molecular weight excluding hydrogens is 244 g/mol. The van der Waals surface area contributed by atoms with Crippen molar-refractivity contribution in [2.45, 2.75) is 13.3 Å². The molecule has 0 aliphatic carbocycles. The summed E-state index contributed by atoms with van der Waals surface area (Å²) < 4.78 is 24.9. The number of carbonyl (C=O) groups is 1. The first-order chi connectivity index (χ1) is 6.07. The van der Waals surface area contributed by atoms with E-state index in [0.29, 0.717) is 6.29 Å². The van der Waals surface area contributed by atoms with E-state index in [0.717, 1.165) is 0 Å². The summed E-state index contributed by atoms with van der Waals surface area (Å²) in [7, 11) is 0. The van der Waals surface area contributed by atoms with Crippen LogP contribution in [0.5, 0.6) is 0 Å². The lowest BCUT2D eigenvalue weighted by Gasteiger charge is -2.07. The molecule has 0 atom stereocenters. The Morgan fingerprint density at radius 3 is 2.69 bits per heavy atom. The van der Waals surface area contributed by atoms with Gasteiger partial charge in [-0.15, -0.1) is 0 Å². The highest BCUT2D eigenvalue weighted by Gasteiger charge is 2.17. The minimum atomic E-state index is -2.62. The van der Waals surface area contributed by atoms with Gasteiger partial charge < -0.3 is 0 Å². The summed E-state index contributed by atoms with van der Waals surface area (Å²) in [5.41, 5.74) is 0.245. The van der Waals surface area contributed by atoms with Crippen LogP contribution in [0.4, 0.5) is 8.78 Å². The molecule has 0 N–H and O–H groups in total. The summed E-state index contributed by atoms with van der Waals surface area (Å²) in [5.74, 6) is 0. The number of carbonyl (C=O) groups excluding carboxylic acids is 1. The molecule has 0 spiro atoms. The number of alkyl halides is 2. The van der Waals surface area contributed by atoms with Crippen LogP contribution in [0.1, 0.15) is 27.9 Å². The van der Waals surface area contributed by atoms with Crippen LogP contribution in [0.15, 0.2) is 10.8 Å². The molecule has 5 heteroatoms. The summed E-state index contributed by atoms with van der Waals surface area (Å²) in [6.45, 7) is 1.47. The second-order valence-electron chi connectivity index (χ2n) is 2.46. The van der Waals surface area contributed by atoms with Crippen molar-refractivity contribution in [2.75, 3.05) is 0 Å². The van der Waals surface area contributed by atoms with Gasteiger partial charge in [-0.05, 0) is 28.4 Å². The van der Waals surface area contributed by atoms with Gasteiger partial charge in [0.2, 0.25) is 0 Å². The highest BCUT2D eigenvalue weighted by molar-refractivity contribution is 9.10. The smallest absolute Gasteiger partial charge is 0.266 e. The molecule has 0 radical (unpaired) electrons. The third-order valence-electron chi connectivity index (χ3n) is 1.72. The van der Waals surface area contributed by atoms with Gasteiger partial charge in [0.15, 0.2) is 6.29 Å². The number of nitrogens with zero attached hydrogens (tertiary/aromatic N) is 1. The van der Waals surface area contributed by atoms with Crippen LogP contribution in [-0.4, -0.2) is 11.3 Å². The Balaban J connectivity index is 3.38. The van der Waals surface area contributed by atoms with Crippen LogP contribution in [0.2, 0.25) is 0 Å². The fraction of sp³-hybridized carbons (Fsp3) is 0.250. The highest BCUT2D eigenvalue weighted by atomic mass is 79.9. The van der Waals surface area contributed by atoms with E-state index in [-0.39, 0.29) is 21.3 Å². The van der Waals surface area contributed by atoms with Crippen molar-refractivity contribution in [1.29, 1.82) is 0 Å². The first kappa shape index (κ1) is 10.2. The average Bonchev–Trinajstić information content (AvgIpc) is 2.04. The van der Waals surface area contributed by atoms with Crippen molar-refractivity contribution in [3.05, 3.63) is 27.5 Å². The van der Waals surface area contributed by atoms with Crippen LogP contribution in [0.3, 0.4) is 0 Å². The van der Waals surface area contributed by atoms with E-state index >= 15 is 0 Å². The number of halogens is 3. The molecule has 2 nitrogen and oxygen atoms in total. The molecular formula is C8H6BrF2NO. The van der Waals surface area contributed by atoms with E-state index in [4.69, 9.17) is 0 Å². The van der Waals surface area contributed by atoms with Crippen LogP contribution in [0, 0.1) is 6.92 Å². The van der Waals surface area contributed by atoms with Crippen molar-refractivity contribution in [3.63, 3.8) is 0 Å². The largest absolute Gasteiger partial charge is 0.298 e. The topological polar surface area (TPSA) is 30.0 Å². The van der Waals surface area contributed by atoms with Crippen LogP contribution in [-0.2, 0) is 0 Å². The minimum Gasteiger partial charge on any atom is -0.298 e. The van der Waals surface area contributed by atoms with Crippen LogP contribution >= 0.6 is 15.9 Å². The van der Waals surface area contributed by atoms with E-state index in [9.17, 15) is 13.6 Å². The zero-order valence-corrected chi connectivity index (χ0v) is 8.31. The van der Waals surface area contributed by atoms with E-state index in [1.54, 1.807) is 0 Å². The molecule has 0 saturated carbocycles. The molecule has 13 heavy (non-hydrogen) atoms. The Bertz CT molecular complexity index is 341. The Hall–Kier alpha value is -0.840. The molecule has 1 rings (SSSR count). The predicted molar refractivity (Wildman–Crippen MR) is 47.0 cm³/mol. The maximum atomic E-state index is 12.4. The van der Waals surface area contributed by atoms with Gasteiger partial charge >= 0.3 is 0 Å². The Morgan fingerprint density at radius 2 is 2.23 bits per heavy atom. The minimum absolute atomic E-state index is 0.0885. The lowest BCUT2D eigenvalue weighted by molar-refractivity contribution is 0.112. The standard InChI is InChI=1S/C8H6BrF2NO/c1-4-5(3-13)2-12-7(9)6(4)8(10)11/h2-3,8H,1H3. The molecule has 0 fully saturated rings. The van der Waals surface area contributed by atoms with Crippen LogP contribution in [0.25, 0.3) is 0 Å². The lowest BCUT2D eigenvalue weighted by atomic mass is 10.1. The SMILES string of the molecule is Cc1c(C=O)cnc(Br)c1C(F)F. The molecule has 0 aliphatic rings. The predicted octanol–water partition coefficient (Wildman–Crippen LogP) is 2.90. The van der Waals surface area contributed by atoms with Crippen LogP contribution < -0.4 is 0 Å². The molecule has 0 saturated heterocycles. The summed E-state index contributed by atoms with van der Waals surface area (Å²) >= 11 is 2.90. The summed E-state index contributed by atoms with van der Waals surface area (Å²) in [4.78, 5) is 14.1. The molecule has 1 heterocycles. The number of aldehydes is 1. The molecule has 70 valence electrons. The third-order valence-corrected chi connectivity index (χ3v) is 2.35. The van der Waals surface area contributed by atoms with Crippen molar-refractivity contribution in [3.8, 4) is 0 Å². The average molecular weight is 250 g/mol. The fourth-order valence-electron chi connectivity index (χ4n) is 0.975. The highest BCUT2D eigenvalue weighted by Crippen LogP contribution is 2.29. The summed E-state index contributed by atoms with van der Waals surface area (Å²) in [6.07, 6.45) is -0.847. The number of hydrogen-bond donors (Lipinski definition) is 0. The van der Waals surface area contributed by atoms with Gasteiger partial charge in [-0.1, -0.05) is 0 Å². The first-order valence-electron chi connectivity index (χ1n) is 3.46. The molecule has 0 aliphatic heterocycles. The molecule has 0 bridgehead atoms. The van der Waals surface area contributed by atoms with Crippen molar-refractivity contribution in [2.24, 2.45) is 0 Å². The zero-order chi connectivity index (χ0) is 10.0. The maximum Gasteiger partial charge on any atom is 0.266 e. The van der Waals surface area contributed by atoms with E-state index < -0.39 is 6.43 Å². The van der Waals surface area contributed by atoms with Crippen molar-refractivity contribution >= 4 is 22.2 Å². The second-order valence-corrected chi connectivity index (χ2v) is 3.21. The first-order valence-corrected chi connectivity index (χ1v) is 4.25. The zero-order valence-electron chi connectivity index (χ0n) is 6.72. The normalized spacial score (nSPS) is 10.5. The Labute approximate surface area is 82.1 Å². The van der Waals surface area contributed by atoms with Gasteiger partial charge in [0.05, 0.1) is 5.56 Å². The van der Waals surface area contributed by atoms with Gasteiger partial charge in [-0.2, -0.15) is 0 Å². The van der Waals surface area contributed by atoms with Gasteiger partial charge in [-0.25, -0.2) is 13.8 Å². The van der Waals surface area contributed by atoms with Gasteiger partial charge in [0, 0.05) is 11.8 Å². The fourth-order valence-corrected chi connectivity index (χ4v) is 1.55. The number of rotatable bonds is 2. The lowest BCUT2D eigenvalue weighted by Crippen LogP contribution is -1.99. The summed E-state index contributed by atoms with van der Waals surface area (Å²) in [6, 6.07) is 0. The van der Waals surface area contributed by atoms with Gasteiger partial charge in [-0.3, -0.25) is 4.79 Å². The number of hydrogen-bond acceptors (Lipinski definition) is 2. The summed E-state index contributed by atoms with van der Waals surface area (Å²) in [5, 5.41) is 0. The quantitative estimate of drug-likeness (QED) is 0.596.